The monoisotopic (exact) mass is 301 g/mol. The highest BCUT2D eigenvalue weighted by molar-refractivity contribution is 6.30. The maximum Gasteiger partial charge on any atom is 0.159 e. The molecule has 21 heavy (non-hydrogen) atoms. The van der Waals surface area contributed by atoms with Gasteiger partial charge < -0.3 is 5.32 Å². The standard InChI is InChI=1S/C17H20ClN3/c1-11-16(14-6-4-8-19-10-14)12(2)21-17(20-11)13-5-3-7-15(18)9-13/h3,5,7,9,14,19H,4,6,8,10H2,1-2H3. The highest BCUT2D eigenvalue weighted by Crippen LogP contribution is 2.29. The SMILES string of the molecule is Cc1nc(-c2cccc(Cl)c2)nc(C)c1C1CCCNC1. The zero-order valence-corrected chi connectivity index (χ0v) is 13.2. The minimum absolute atomic E-state index is 0.534. The number of nitrogens with one attached hydrogen (secondary N) is 1. The number of halogens is 1. The molecule has 2 heterocycles. The molecule has 0 spiro atoms. The number of aryl methyl sites for hydroxylation is 2. The van der Waals surface area contributed by atoms with Gasteiger partial charge in [-0.25, -0.2) is 9.97 Å². The normalized spacial score (nSPS) is 18.7. The Kier molecular flexibility index (Phi) is 4.22. The fraction of sp³-hybridized carbons (Fsp3) is 0.412. The van der Waals surface area contributed by atoms with Crippen molar-refractivity contribution in [1.82, 2.24) is 15.3 Å². The molecule has 1 unspecified atom stereocenters. The molecule has 0 bridgehead atoms. The van der Waals surface area contributed by atoms with E-state index >= 15 is 0 Å². The second-order valence-corrected chi connectivity index (χ2v) is 6.12. The molecule has 3 rings (SSSR count). The van der Waals surface area contributed by atoms with Gasteiger partial charge in [0.15, 0.2) is 5.82 Å². The number of benzene rings is 1. The first-order valence-electron chi connectivity index (χ1n) is 7.47. The predicted molar refractivity (Wildman–Crippen MR) is 86.8 cm³/mol. The van der Waals surface area contributed by atoms with Gasteiger partial charge in [0.1, 0.15) is 0 Å². The van der Waals surface area contributed by atoms with Crippen LogP contribution in [-0.2, 0) is 0 Å². The number of piperidine rings is 1. The van der Waals surface area contributed by atoms with Crippen LogP contribution in [0.25, 0.3) is 11.4 Å². The average molecular weight is 302 g/mol. The van der Waals surface area contributed by atoms with Crippen molar-refractivity contribution in [2.45, 2.75) is 32.6 Å². The average Bonchev–Trinajstić information content (AvgIpc) is 2.47. The third-order valence-electron chi connectivity index (χ3n) is 4.11. The molecular formula is C17H20ClN3. The Labute approximate surface area is 130 Å². The molecule has 2 aromatic rings. The Morgan fingerprint density at radius 2 is 1.95 bits per heavy atom. The lowest BCUT2D eigenvalue weighted by atomic mass is 9.89. The van der Waals surface area contributed by atoms with Crippen molar-refractivity contribution in [2.75, 3.05) is 13.1 Å². The van der Waals surface area contributed by atoms with E-state index in [1.165, 1.54) is 18.4 Å². The Balaban J connectivity index is 1.99. The highest BCUT2D eigenvalue weighted by Gasteiger charge is 2.21. The van der Waals surface area contributed by atoms with E-state index in [1.807, 2.05) is 24.3 Å². The van der Waals surface area contributed by atoms with E-state index in [-0.39, 0.29) is 0 Å². The number of hydrogen-bond donors (Lipinski definition) is 1. The van der Waals surface area contributed by atoms with Crippen molar-refractivity contribution < 1.29 is 0 Å². The van der Waals surface area contributed by atoms with Crippen molar-refractivity contribution >= 4 is 11.6 Å². The molecule has 1 aromatic carbocycles. The smallest absolute Gasteiger partial charge is 0.159 e. The summed E-state index contributed by atoms with van der Waals surface area (Å²) in [5.74, 6) is 1.30. The molecule has 1 aromatic heterocycles. The second kappa shape index (κ2) is 6.12. The van der Waals surface area contributed by atoms with Crippen LogP contribution in [0.15, 0.2) is 24.3 Å². The fourth-order valence-electron chi connectivity index (χ4n) is 3.17. The summed E-state index contributed by atoms with van der Waals surface area (Å²) in [7, 11) is 0. The van der Waals surface area contributed by atoms with E-state index in [2.05, 4.69) is 19.2 Å². The predicted octanol–water partition coefficient (Wildman–Crippen LogP) is 3.88. The maximum atomic E-state index is 6.06. The van der Waals surface area contributed by atoms with Crippen LogP contribution < -0.4 is 5.32 Å². The number of rotatable bonds is 2. The minimum atomic E-state index is 0.534. The molecule has 4 heteroatoms. The molecule has 0 amide bonds. The van der Waals surface area contributed by atoms with Crippen LogP contribution in [0, 0.1) is 13.8 Å². The van der Waals surface area contributed by atoms with E-state index in [0.29, 0.717) is 10.9 Å². The summed E-state index contributed by atoms with van der Waals surface area (Å²) >= 11 is 6.06. The van der Waals surface area contributed by atoms with Gasteiger partial charge in [-0.1, -0.05) is 23.7 Å². The molecule has 0 radical (unpaired) electrons. The van der Waals surface area contributed by atoms with Crippen LogP contribution in [0.4, 0.5) is 0 Å². The molecule has 110 valence electrons. The van der Waals surface area contributed by atoms with Crippen LogP contribution in [0.1, 0.15) is 35.7 Å². The minimum Gasteiger partial charge on any atom is -0.316 e. The molecule has 0 saturated carbocycles. The van der Waals surface area contributed by atoms with Crippen molar-refractivity contribution in [3.05, 3.63) is 46.2 Å². The largest absolute Gasteiger partial charge is 0.316 e. The molecule has 1 aliphatic rings. The van der Waals surface area contributed by atoms with E-state index in [9.17, 15) is 0 Å². The van der Waals surface area contributed by atoms with E-state index in [0.717, 1.165) is 35.9 Å². The lowest BCUT2D eigenvalue weighted by molar-refractivity contribution is 0.457. The van der Waals surface area contributed by atoms with Gasteiger partial charge >= 0.3 is 0 Å². The van der Waals surface area contributed by atoms with Crippen LogP contribution in [-0.4, -0.2) is 23.1 Å². The molecular weight excluding hydrogens is 282 g/mol. The first-order valence-corrected chi connectivity index (χ1v) is 7.85. The molecule has 1 fully saturated rings. The number of hydrogen-bond acceptors (Lipinski definition) is 3. The summed E-state index contributed by atoms with van der Waals surface area (Å²) < 4.78 is 0. The zero-order valence-electron chi connectivity index (χ0n) is 12.5. The van der Waals surface area contributed by atoms with Gasteiger partial charge in [0.25, 0.3) is 0 Å². The summed E-state index contributed by atoms with van der Waals surface area (Å²) in [6, 6.07) is 7.72. The number of aromatic nitrogens is 2. The first kappa shape index (κ1) is 14.5. The summed E-state index contributed by atoms with van der Waals surface area (Å²) in [5, 5.41) is 4.18. The third-order valence-corrected chi connectivity index (χ3v) is 4.35. The summed E-state index contributed by atoms with van der Waals surface area (Å²) in [4.78, 5) is 9.45. The van der Waals surface area contributed by atoms with Crippen LogP contribution in [0.5, 0.6) is 0 Å². The molecule has 1 N–H and O–H groups in total. The van der Waals surface area contributed by atoms with E-state index < -0.39 is 0 Å². The second-order valence-electron chi connectivity index (χ2n) is 5.69. The first-order chi connectivity index (χ1) is 10.1. The highest BCUT2D eigenvalue weighted by atomic mass is 35.5. The topological polar surface area (TPSA) is 37.8 Å². The fourth-order valence-corrected chi connectivity index (χ4v) is 3.36. The molecule has 1 atom stereocenters. The summed E-state index contributed by atoms with van der Waals surface area (Å²) in [5.41, 5.74) is 4.47. The zero-order chi connectivity index (χ0) is 14.8. The van der Waals surface area contributed by atoms with Gasteiger partial charge in [0.05, 0.1) is 0 Å². The number of nitrogens with zero attached hydrogens (tertiary/aromatic N) is 2. The molecule has 0 aliphatic carbocycles. The van der Waals surface area contributed by atoms with Gasteiger partial charge in [0.2, 0.25) is 0 Å². The van der Waals surface area contributed by atoms with Gasteiger partial charge in [-0.15, -0.1) is 0 Å². The lowest BCUT2D eigenvalue weighted by Gasteiger charge is -2.25. The Morgan fingerprint density at radius 3 is 2.57 bits per heavy atom. The van der Waals surface area contributed by atoms with E-state index in [1.54, 1.807) is 0 Å². The quantitative estimate of drug-likeness (QED) is 0.914. The third kappa shape index (κ3) is 3.09. The van der Waals surface area contributed by atoms with E-state index in [4.69, 9.17) is 21.6 Å². The summed E-state index contributed by atoms with van der Waals surface area (Å²) in [6.07, 6.45) is 2.44. The van der Waals surface area contributed by atoms with Gasteiger partial charge in [-0.3, -0.25) is 0 Å². The van der Waals surface area contributed by atoms with Crippen LogP contribution >= 0.6 is 11.6 Å². The lowest BCUT2D eigenvalue weighted by Crippen LogP contribution is -2.29. The van der Waals surface area contributed by atoms with Gasteiger partial charge in [-0.2, -0.15) is 0 Å². The maximum absolute atomic E-state index is 6.06. The molecule has 1 saturated heterocycles. The van der Waals surface area contributed by atoms with Gasteiger partial charge in [-0.05, 0) is 56.8 Å². The Morgan fingerprint density at radius 1 is 1.19 bits per heavy atom. The molecule has 3 nitrogen and oxygen atoms in total. The Hall–Kier alpha value is -1.45. The van der Waals surface area contributed by atoms with Crippen molar-refractivity contribution in [3.8, 4) is 11.4 Å². The summed E-state index contributed by atoms with van der Waals surface area (Å²) in [6.45, 7) is 6.33. The van der Waals surface area contributed by atoms with Crippen molar-refractivity contribution in [1.29, 1.82) is 0 Å². The van der Waals surface area contributed by atoms with Crippen molar-refractivity contribution in [2.24, 2.45) is 0 Å². The van der Waals surface area contributed by atoms with Crippen molar-refractivity contribution in [3.63, 3.8) is 0 Å². The Bertz CT molecular complexity index is 625. The van der Waals surface area contributed by atoms with Crippen LogP contribution in [0.3, 0.4) is 0 Å². The van der Waals surface area contributed by atoms with Gasteiger partial charge in [0, 0.05) is 28.5 Å². The molecule has 1 aliphatic heterocycles. The van der Waals surface area contributed by atoms with Crippen LogP contribution in [0.2, 0.25) is 5.02 Å².